The van der Waals surface area contributed by atoms with Crippen LogP contribution in [0, 0.1) is 11.8 Å². The first-order valence-electron chi connectivity index (χ1n) is 7.16. The van der Waals surface area contributed by atoms with E-state index in [2.05, 4.69) is 22.9 Å². The largest absolute Gasteiger partial charge is 0.426 e. The van der Waals surface area contributed by atoms with Crippen molar-refractivity contribution in [2.24, 2.45) is 11.8 Å². The molecule has 1 fully saturated rings. The fourth-order valence-electron chi connectivity index (χ4n) is 2.80. The number of rotatable bonds is 4. The fraction of sp³-hybridized carbons (Fsp3) is 0.562. The number of hydrogen-bond acceptors (Lipinski definition) is 2. The van der Waals surface area contributed by atoms with Gasteiger partial charge >= 0.3 is 5.97 Å². The Hall–Kier alpha value is -0.830. The average molecular weight is 325 g/mol. The predicted octanol–water partition coefficient (Wildman–Crippen LogP) is 4.96. The smallest absolute Gasteiger partial charge is 0.314 e. The van der Waals surface area contributed by atoms with Gasteiger partial charge in [-0.25, -0.2) is 0 Å². The van der Waals surface area contributed by atoms with Gasteiger partial charge < -0.3 is 4.74 Å². The molecule has 3 heteroatoms. The highest BCUT2D eigenvalue weighted by molar-refractivity contribution is 9.10. The molecule has 0 saturated heterocycles. The van der Waals surface area contributed by atoms with Crippen molar-refractivity contribution in [3.63, 3.8) is 0 Å². The van der Waals surface area contributed by atoms with E-state index >= 15 is 0 Å². The Morgan fingerprint density at radius 2 is 1.84 bits per heavy atom. The lowest BCUT2D eigenvalue weighted by molar-refractivity contribution is -0.140. The number of esters is 1. The summed E-state index contributed by atoms with van der Waals surface area (Å²) in [4.78, 5) is 12.1. The van der Waals surface area contributed by atoms with E-state index in [1.165, 1.54) is 25.7 Å². The Bertz CT molecular complexity index is 405. The molecule has 19 heavy (non-hydrogen) atoms. The lowest BCUT2D eigenvalue weighted by Gasteiger charge is -2.26. The number of benzene rings is 1. The van der Waals surface area contributed by atoms with Crippen LogP contribution in [0.1, 0.15) is 45.4 Å². The highest BCUT2D eigenvalue weighted by atomic mass is 79.9. The molecular formula is C16H21BrO2. The minimum absolute atomic E-state index is 0.0581. The SMILES string of the molecule is CCC[C@H]1CC[C@H](C(=O)Oc2ccc(Br)cc2)CC1. The number of halogens is 1. The van der Waals surface area contributed by atoms with Crippen LogP contribution in [-0.2, 0) is 4.79 Å². The van der Waals surface area contributed by atoms with Crippen molar-refractivity contribution in [1.29, 1.82) is 0 Å². The van der Waals surface area contributed by atoms with E-state index in [0.29, 0.717) is 5.75 Å². The Balaban J connectivity index is 1.83. The fourth-order valence-corrected chi connectivity index (χ4v) is 3.06. The molecule has 0 unspecified atom stereocenters. The Morgan fingerprint density at radius 3 is 2.42 bits per heavy atom. The van der Waals surface area contributed by atoms with Crippen molar-refractivity contribution in [2.45, 2.75) is 45.4 Å². The standard InChI is InChI=1S/C16H21BrO2/c1-2-3-12-4-6-13(7-5-12)16(18)19-15-10-8-14(17)9-11-15/h8-13H,2-7H2,1H3/t12-,13-. The van der Waals surface area contributed by atoms with Crippen LogP contribution < -0.4 is 4.74 Å². The number of carbonyl (C=O) groups is 1. The molecular weight excluding hydrogens is 304 g/mol. The van der Waals surface area contributed by atoms with Crippen LogP contribution >= 0.6 is 15.9 Å². The summed E-state index contributed by atoms with van der Waals surface area (Å²) < 4.78 is 6.44. The third-order valence-electron chi connectivity index (χ3n) is 3.91. The second kappa shape index (κ2) is 7.09. The zero-order valence-corrected chi connectivity index (χ0v) is 13.0. The molecule has 0 amide bonds. The zero-order chi connectivity index (χ0) is 13.7. The molecule has 0 bridgehead atoms. The van der Waals surface area contributed by atoms with E-state index in [4.69, 9.17) is 4.74 Å². The average Bonchev–Trinajstić information content (AvgIpc) is 2.42. The summed E-state index contributed by atoms with van der Waals surface area (Å²) in [5.74, 6) is 1.50. The van der Waals surface area contributed by atoms with Gasteiger partial charge in [-0.2, -0.15) is 0 Å². The maximum Gasteiger partial charge on any atom is 0.314 e. The first-order chi connectivity index (χ1) is 9.19. The maximum atomic E-state index is 12.1. The molecule has 0 radical (unpaired) electrons. The van der Waals surface area contributed by atoms with Gasteiger partial charge in [0.1, 0.15) is 5.75 Å². The first kappa shape index (κ1) is 14.6. The topological polar surface area (TPSA) is 26.3 Å². The van der Waals surface area contributed by atoms with Crippen LogP contribution in [0.15, 0.2) is 28.7 Å². The summed E-state index contributed by atoms with van der Waals surface area (Å²) in [6, 6.07) is 7.43. The van der Waals surface area contributed by atoms with Crippen LogP contribution in [0.4, 0.5) is 0 Å². The highest BCUT2D eigenvalue weighted by Gasteiger charge is 2.27. The van der Waals surface area contributed by atoms with Gasteiger partial charge in [-0.3, -0.25) is 4.79 Å². The minimum atomic E-state index is -0.0581. The van der Waals surface area contributed by atoms with Crippen molar-refractivity contribution in [1.82, 2.24) is 0 Å². The second-order valence-corrected chi connectivity index (χ2v) is 6.30. The van der Waals surface area contributed by atoms with Crippen LogP contribution in [0.3, 0.4) is 0 Å². The summed E-state index contributed by atoms with van der Waals surface area (Å²) in [6.07, 6.45) is 6.87. The van der Waals surface area contributed by atoms with Gasteiger partial charge in [0, 0.05) is 4.47 Å². The van der Waals surface area contributed by atoms with Gasteiger partial charge in [0.05, 0.1) is 5.92 Å². The summed E-state index contributed by atoms with van der Waals surface area (Å²) in [5.41, 5.74) is 0. The third kappa shape index (κ3) is 4.34. The molecule has 2 rings (SSSR count). The lowest BCUT2D eigenvalue weighted by atomic mass is 9.80. The van der Waals surface area contributed by atoms with E-state index in [0.717, 1.165) is 23.2 Å². The Kier molecular flexibility index (Phi) is 5.44. The normalized spacial score (nSPS) is 23.1. The van der Waals surface area contributed by atoms with Gasteiger partial charge in [-0.05, 0) is 55.9 Å². The summed E-state index contributed by atoms with van der Waals surface area (Å²) >= 11 is 3.37. The summed E-state index contributed by atoms with van der Waals surface area (Å²) in [6.45, 7) is 2.23. The molecule has 0 heterocycles. The molecule has 104 valence electrons. The van der Waals surface area contributed by atoms with E-state index in [1.807, 2.05) is 24.3 Å². The van der Waals surface area contributed by atoms with E-state index in [1.54, 1.807) is 0 Å². The number of hydrogen-bond donors (Lipinski definition) is 0. The van der Waals surface area contributed by atoms with Crippen molar-refractivity contribution in [2.75, 3.05) is 0 Å². The molecule has 1 saturated carbocycles. The van der Waals surface area contributed by atoms with Crippen LogP contribution in [0.5, 0.6) is 5.75 Å². The molecule has 0 N–H and O–H groups in total. The molecule has 0 spiro atoms. The van der Waals surface area contributed by atoms with Crippen LogP contribution in [0.2, 0.25) is 0 Å². The third-order valence-corrected chi connectivity index (χ3v) is 4.44. The Morgan fingerprint density at radius 1 is 1.21 bits per heavy atom. The first-order valence-corrected chi connectivity index (χ1v) is 7.95. The van der Waals surface area contributed by atoms with Crippen molar-refractivity contribution < 1.29 is 9.53 Å². The van der Waals surface area contributed by atoms with E-state index in [-0.39, 0.29) is 11.9 Å². The van der Waals surface area contributed by atoms with Crippen LogP contribution in [-0.4, -0.2) is 5.97 Å². The molecule has 1 aromatic rings. The number of ether oxygens (including phenoxy) is 1. The molecule has 1 aliphatic carbocycles. The second-order valence-electron chi connectivity index (χ2n) is 5.38. The quantitative estimate of drug-likeness (QED) is 0.578. The minimum Gasteiger partial charge on any atom is -0.426 e. The molecule has 1 aromatic carbocycles. The van der Waals surface area contributed by atoms with Crippen molar-refractivity contribution >= 4 is 21.9 Å². The summed E-state index contributed by atoms with van der Waals surface area (Å²) in [7, 11) is 0. The van der Waals surface area contributed by atoms with Gasteiger partial charge in [0.15, 0.2) is 0 Å². The van der Waals surface area contributed by atoms with Gasteiger partial charge in [-0.1, -0.05) is 35.7 Å². The van der Waals surface area contributed by atoms with Crippen molar-refractivity contribution in [3.05, 3.63) is 28.7 Å². The molecule has 2 nitrogen and oxygen atoms in total. The van der Waals surface area contributed by atoms with Crippen molar-refractivity contribution in [3.8, 4) is 5.75 Å². The van der Waals surface area contributed by atoms with E-state index in [9.17, 15) is 4.79 Å². The molecule has 1 aliphatic rings. The van der Waals surface area contributed by atoms with Crippen LogP contribution in [0.25, 0.3) is 0 Å². The highest BCUT2D eigenvalue weighted by Crippen LogP contribution is 2.32. The van der Waals surface area contributed by atoms with Gasteiger partial charge in [-0.15, -0.1) is 0 Å². The molecule has 0 aliphatic heterocycles. The Labute approximate surface area is 123 Å². The number of carbonyl (C=O) groups excluding carboxylic acids is 1. The van der Waals surface area contributed by atoms with E-state index < -0.39 is 0 Å². The van der Waals surface area contributed by atoms with Gasteiger partial charge in [0.2, 0.25) is 0 Å². The zero-order valence-electron chi connectivity index (χ0n) is 11.4. The monoisotopic (exact) mass is 324 g/mol. The lowest BCUT2D eigenvalue weighted by Crippen LogP contribution is -2.25. The molecule has 0 aromatic heterocycles. The maximum absolute atomic E-state index is 12.1. The summed E-state index contributed by atoms with van der Waals surface area (Å²) in [5, 5.41) is 0. The van der Waals surface area contributed by atoms with Gasteiger partial charge in [0.25, 0.3) is 0 Å². The predicted molar refractivity (Wildman–Crippen MR) is 80.1 cm³/mol. The molecule has 0 atom stereocenters.